The maximum absolute atomic E-state index is 12.5. The first-order valence-corrected chi connectivity index (χ1v) is 14.0. The summed E-state index contributed by atoms with van der Waals surface area (Å²) in [6, 6.07) is 0. The maximum atomic E-state index is 12.5. The molecule has 0 aliphatic heterocycles. The van der Waals surface area contributed by atoms with Crippen LogP contribution in [0.4, 0.5) is 0 Å². The predicted molar refractivity (Wildman–Crippen MR) is 136 cm³/mol. The predicted octanol–water partition coefficient (Wildman–Crippen LogP) is 9.24. The van der Waals surface area contributed by atoms with E-state index in [0.717, 1.165) is 12.8 Å². The highest BCUT2D eigenvalue weighted by Gasteiger charge is 2.20. The quantitative estimate of drug-likeness (QED) is 0.111. The Balaban J connectivity index is 3.83. The Hall–Kier alpha value is -0.570. The monoisotopic (exact) mass is 439 g/mol. The van der Waals surface area contributed by atoms with Gasteiger partial charge in [0.15, 0.2) is 0 Å². The van der Waals surface area contributed by atoms with Gasteiger partial charge in [-0.15, -0.1) is 5.06 Å². The fourth-order valence-electron chi connectivity index (χ4n) is 4.39. The lowest BCUT2D eigenvalue weighted by Crippen LogP contribution is -2.25. The van der Waals surface area contributed by atoms with Crippen LogP contribution >= 0.6 is 0 Å². The Morgan fingerprint density at radius 2 is 0.839 bits per heavy atom. The summed E-state index contributed by atoms with van der Waals surface area (Å²) < 4.78 is 0. The molecule has 0 aromatic heterocycles. The zero-order valence-corrected chi connectivity index (χ0v) is 21.9. The summed E-state index contributed by atoms with van der Waals surface area (Å²) in [5.74, 6) is 0.0716. The van der Waals surface area contributed by atoms with Gasteiger partial charge in [-0.3, -0.25) is 4.79 Å². The van der Waals surface area contributed by atoms with Crippen LogP contribution in [0.3, 0.4) is 0 Å². The fraction of sp³-hybridized carbons (Fsp3) is 0.964. The molecular weight excluding hydrogens is 382 g/mol. The number of hydroxylamine groups is 2. The van der Waals surface area contributed by atoms with E-state index in [4.69, 9.17) is 4.84 Å². The average molecular weight is 440 g/mol. The van der Waals surface area contributed by atoms with Gasteiger partial charge in [0.1, 0.15) is 0 Å². The first kappa shape index (κ1) is 30.4. The third-order valence-corrected chi connectivity index (χ3v) is 6.42. The fourth-order valence-corrected chi connectivity index (χ4v) is 4.39. The van der Waals surface area contributed by atoms with Crippen molar-refractivity contribution in [3.05, 3.63) is 0 Å². The number of carbonyl (C=O) groups is 1. The summed E-state index contributed by atoms with van der Waals surface area (Å²) in [6.07, 6.45) is 28.9. The Morgan fingerprint density at radius 3 is 1.13 bits per heavy atom. The minimum absolute atomic E-state index is 0.0168. The molecule has 31 heavy (non-hydrogen) atoms. The summed E-state index contributed by atoms with van der Waals surface area (Å²) in [5, 5.41) is 1.55. The van der Waals surface area contributed by atoms with Gasteiger partial charge in [0.2, 0.25) is 0 Å². The van der Waals surface area contributed by atoms with Crippen LogP contribution in [0.2, 0.25) is 0 Å². The maximum Gasteiger partial charge on any atom is 0.328 e. The molecule has 0 N–H and O–H groups in total. The molecule has 0 unspecified atom stereocenters. The normalized spacial score (nSPS) is 11.5. The molecule has 0 atom stereocenters. The first-order valence-electron chi connectivity index (χ1n) is 14.0. The molecule has 0 radical (unpaired) electrons. The van der Waals surface area contributed by atoms with Crippen LogP contribution in [0.1, 0.15) is 155 Å². The van der Waals surface area contributed by atoms with Crippen LogP contribution < -0.4 is 0 Å². The van der Waals surface area contributed by atoms with Crippen LogP contribution in [-0.4, -0.2) is 25.1 Å². The molecule has 3 heteroatoms. The van der Waals surface area contributed by atoms with Gasteiger partial charge >= 0.3 is 5.97 Å². The average Bonchev–Trinajstić information content (AvgIpc) is 2.74. The minimum atomic E-state index is -0.0168. The van der Waals surface area contributed by atoms with Crippen LogP contribution in [0.5, 0.6) is 0 Å². The molecule has 0 aliphatic rings. The highest BCUT2D eigenvalue weighted by Crippen LogP contribution is 2.21. The van der Waals surface area contributed by atoms with E-state index in [0.29, 0.717) is 0 Å². The van der Waals surface area contributed by atoms with Gasteiger partial charge in [-0.2, -0.15) is 0 Å². The third-order valence-electron chi connectivity index (χ3n) is 6.42. The van der Waals surface area contributed by atoms with Crippen LogP contribution in [0.25, 0.3) is 0 Å². The van der Waals surface area contributed by atoms with Gasteiger partial charge in [0.25, 0.3) is 0 Å². The van der Waals surface area contributed by atoms with Gasteiger partial charge < -0.3 is 4.84 Å². The number of carbonyl (C=O) groups excluding carboxylic acids is 1. The highest BCUT2D eigenvalue weighted by atomic mass is 16.7. The zero-order chi connectivity index (χ0) is 23.0. The molecule has 0 bridgehead atoms. The number of hydrogen-bond donors (Lipinski definition) is 0. The van der Waals surface area contributed by atoms with Crippen molar-refractivity contribution in [2.24, 2.45) is 5.92 Å². The van der Waals surface area contributed by atoms with Crippen molar-refractivity contribution in [1.29, 1.82) is 0 Å². The van der Waals surface area contributed by atoms with Crippen LogP contribution in [-0.2, 0) is 9.63 Å². The largest absolute Gasteiger partial charge is 0.368 e. The molecule has 0 aromatic carbocycles. The highest BCUT2D eigenvalue weighted by molar-refractivity contribution is 5.72. The van der Waals surface area contributed by atoms with E-state index in [2.05, 4.69) is 13.8 Å². The van der Waals surface area contributed by atoms with E-state index >= 15 is 0 Å². The minimum Gasteiger partial charge on any atom is -0.368 e. The van der Waals surface area contributed by atoms with Crippen LogP contribution in [0, 0.1) is 5.92 Å². The Kier molecular flexibility index (Phi) is 23.6. The molecule has 0 rings (SSSR count). The Bertz CT molecular complexity index is 346. The van der Waals surface area contributed by atoms with Crippen molar-refractivity contribution in [3.8, 4) is 0 Å². The SMILES string of the molecule is CCCCCCCCCCCCC(CCCCCCCCCCCC)C(=O)ON(C)C. The van der Waals surface area contributed by atoms with E-state index in [1.807, 2.05) is 0 Å². The molecule has 0 aromatic rings. The zero-order valence-electron chi connectivity index (χ0n) is 21.9. The molecule has 0 spiro atoms. The summed E-state index contributed by atoms with van der Waals surface area (Å²) >= 11 is 0. The van der Waals surface area contributed by atoms with Crippen LogP contribution in [0.15, 0.2) is 0 Å². The molecule has 3 nitrogen and oxygen atoms in total. The number of hydrogen-bond acceptors (Lipinski definition) is 3. The number of rotatable bonds is 24. The molecule has 0 amide bonds. The second-order valence-corrected chi connectivity index (χ2v) is 9.86. The van der Waals surface area contributed by atoms with Gasteiger partial charge in [-0.1, -0.05) is 142 Å². The van der Waals surface area contributed by atoms with Crippen molar-refractivity contribution >= 4 is 5.97 Å². The van der Waals surface area contributed by atoms with Gasteiger partial charge in [0, 0.05) is 14.1 Å². The number of unbranched alkanes of at least 4 members (excludes halogenated alkanes) is 18. The van der Waals surface area contributed by atoms with Crippen molar-refractivity contribution in [3.63, 3.8) is 0 Å². The smallest absolute Gasteiger partial charge is 0.328 e. The molecule has 0 heterocycles. The topological polar surface area (TPSA) is 29.5 Å². The Morgan fingerprint density at radius 1 is 0.548 bits per heavy atom. The molecule has 0 saturated heterocycles. The standard InChI is InChI=1S/C28H57NO2/c1-5-7-9-11-13-15-17-19-21-23-25-27(28(30)31-29(3)4)26-24-22-20-18-16-14-12-10-8-6-2/h27H,5-26H2,1-4H3. The van der Waals surface area contributed by atoms with Crippen molar-refractivity contribution < 1.29 is 9.63 Å². The van der Waals surface area contributed by atoms with Gasteiger partial charge in [-0.05, 0) is 12.8 Å². The summed E-state index contributed by atoms with van der Waals surface area (Å²) in [4.78, 5) is 17.9. The second-order valence-electron chi connectivity index (χ2n) is 9.86. The molecule has 186 valence electrons. The van der Waals surface area contributed by atoms with E-state index in [-0.39, 0.29) is 11.9 Å². The van der Waals surface area contributed by atoms with Gasteiger partial charge in [-0.25, -0.2) is 0 Å². The first-order chi connectivity index (χ1) is 15.1. The lowest BCUT2D eigenvalue weighted by Gasteiger charge is -2.18. The Labute approximate surface area is 196 Å². The molecule has 0 saturated carbocycles. The lowest BCUT2D eigenvalue weighted by molar-refractivity contribution is -0.184. The summed E-state index contributed by atoms with van der Waals surface area (Å²) in [5.41, 5.74) is 0. The molecule has 0 fully saturated rings. The summed E-state index contributed by atoms with van der Waals surface area (Å²) in [7, 11) is 3.60. The van der Waals surface area contributed by atoms with Crippen molar-refractivity contribution in [1.82, 2.24) is 5.06 Å². The summed E-state index contributed by atoms with van der Waals surface area (Å²) in [6.45, 7) is 4.55. The lowest BCUT2D eigenvalue weighted by atomic mass is 9.94. The van der Waals surface area contributed by atoms with E-state index in [9.17, 15) is 4.79 Å². The van der Waals surface area contributed by atoms with Crippen molar-refractivity contribution in [2.45, 2.75) is 155 Å². The second kappa shape index (κ2) is 24.1. The van der Waals surface area contributed by atoms with Crippen molar-refractivity contribution in [2.75, 3.05) is 14.1 Å². The third kappa shape index (κ3) is 22.4. The molecular formula is C28H57NO2. The van der Waals surface area contributed by atoms with E-state index in [1.54, 1.807) is 19.2 Å². The van der Waals surface area contributed by atoms with Gasteiger partial charge in [0.05, 0.1) is 5.92 Å². The van der Waals surface area contributed by atoms with E-state index in [1.165, 1.54) is 128 Å². The molecule has 0 aliphatic carbocycles. The number of nitrogens with zero attached hydrogens (tertiary/aromatic N) is 1. The van der Waals surface area contributed by atoms with E-state index < -0.39 is 0 Å².